The Morgan fingerprint density at radius 1 is 1.12 bits per heavy atom. The molecule has 4 atom stereocenters. The highest BCUT2D eigenvalue weighted by Crippen LogP contribution is 2.55. The van der Waals surface area contributed by atoms with Crippen molar-refractivity contribution in [1.29, 1.82) is 0 Å². The van der Waals surface area contributed by atoms with Crippen molar-refractivity contribution in [2.24, 2.45) is 17.6 Å². The number of hydrogen-bond acceptors (Lipinski definition) is 5. The van der Waals surface area contributed by atoms with Crippen LogP contribution in [-0.4, -0.2) is 34.6 Å². The standard InChI is InChI=1S/C23H20Cl2N4O4/c1-10-6-12-19(14(25)7-10)27-22(33)23(12)18-17(15(28-23)8-16(26)30)20(31)29(21(18)32)9-11-4-2-3-5-13(11)24/h2-7,15,17-18,28H,8-9H2,1H3,(H2,26,30)(H,27,33). The van der Waals surface area contributed by atoms with Crippen LogP contribution in [0.4, 0.5) is 5.69 Å². The quantitative estimate of drug-likeness (QED) is 0.571. The van der Waals surface area contributed by atoms with Crippen LogP contribution in [0.15, 0.2) is 36.4 Å². The van der Waals surface area contributed by atoms with Gasteiger partial charge in [-0.15, -0.1) is 0 Å². The Hall–Kier alpha value is -2.94. The number of hydrogen-bond donors (Lipinski definition) is 3. The van der Waals surface area contributed by atoms with Crippen molar-refractivity contribution in [3.8, 4) is 0 Å². The van der Waals surface area contributed by atoms with Crippen LogP contribution in [-0.2, 0) is 31.3 Å². The number of primary amides is 1. The molecule has 3 heterocycles. The second-order valence-electron chi connectivity index (χ2n) is 8.71. The summed E-state index contributed by atoms with van der Waals surface area (Å²) in [5.74, 6) is -4.12. The zero-order valence-corrected chi connectivity index (χ0v) is 19.0. The van der Waals surface area contributed by atoms with Gasteiger partial charge in [-0.3, -0.25) is 29.4 Å². The summed E-state index contributed by atoms with van der Waals surface area (Å²) in [5.41, 5.74) is 6.17. The zero-order valence-electron chi connectivity index (χ0n) is 17.5. The molecule has 33 heavy (non-hydrogen) atoms. The van der Waals surface area contributed by atoms with Crippen LogP contribution in [0.25, 0.3) is 0 Å². The minimum atomic E-state index is -1.54. The number of anilines is 1. The first-order valence-corrected chi connectivity index (χ1v) is 11.2. The Balaban J connectivity index is 1.64. The second kappa shape index (κ2) is 7.55. The predicted molar refractivity (Wildman–Crippen MR) is 121 cm³/mol. The lowest BCUT2D eigenvalue weighted by atomic mass is 9.76. The van der Waals surface area contributed by atoms with E-state index in [4.69, 9.17) is 28.9 Å². The lowest BCUT2D eigenvalue weighted by molar-refractivity contribution is -0.143. The fourth-order valence-corrected chi connectivity index (χ4v) is 5.91. The van der Waals surface area contributed by atoms with Gasteiger partial charge in [0.1, 0.15) is 5.54 Å². The molecule has 0 saturated carbocycles. The number of aryl methyl sites for hydroxylation is 1. The second-order valence-corrected chi connectivity index (χ2v) is 9.52. The number of rotatable bonds is 4. The SMILES string of the molecule is Cc1cc(Cl)c2c(c1)C1(NC(CC(N)=O)C3C(=O)N(Cc4ccccc4Cl)C(=O)C31)C(=O)N2. The highest BCUT2D eigenvalue weighted by atomic mass is 35.5. The van der Waals surface area contributed by atoms with Gasteiger partial charge < -0.3 is 11.1 Å². The summed E-state index contributed by atoms with van der Waals surface area (Å²) < 4.78 is 0. The number of amides is 4. The molecule has 4 unspecified atom stereocenters. The number of benzene rings is 2. The lowest BCUT2D eigenvalue weighted by Crippen LogP contribution is -2.53. The molecule has 5 rings (SSSR count). The first-order chi connectivity index (χ1) is 15.6. The lowest BCUT2D eigenvalue weighted by Gasteiger charge is -2.29. The highest BCUT2D eigenvalue weighted by Gasteiger charge is 2.70. The van der Waals surface area contributed by atoms with Crippen molar-refractivity contribution in [3.05, 3.63) is 63.1 Å². The van der Waals surface area contributed by atoms with E-state index in [0.717, 1.165) is 10.5 Å². The van der Waals surface area contributed by atoms with Crippen LogP contribution < -0.4 is 16.4 Å². The van der Waals surface area contributed by atoms with Crippen molar-refractivity contribution in [1.82, 2.24) is 10.2 Å². The molecule has 0 aliphatic carbocycles. The number of halogens is 2. The van der Waals surface area contributed by atoms with E-state index >= 15 is 0 Å². The smallest absolute Gasteiger partial charge is 0.250 e. The van der Waals surface area contributed by atoms with Crippen molar-refractivity contribution in [3.63, 3.8) is 0 Å². The summed E-state index contributed by atoms with van der Waals surface area (Å²) in [5, 5.41) is 6.67. The summed E-state index contributed by atoms with van der Waals surface area (Å²) in [4.78, 5) is 53.6. The van der Waals surface area contributed by atoms with Crippen LogP contribution in [0, 0.1) is 18.8 Å². The third kappa shape index (κ3) is 3.08. The molecule has 3 aliphatic heterocycles. The van der Waals surface area contributed by atoms with E-state index in [1.54, 1.807) is 36.4 Å². The average Bonchev–Trinajstić information content (AvgIpc) is 3.30. The van der Waals surface area contributed by atoms with Crippen molar-refractivity contribution in [2.45, 2.75) is 31.5 Å². The maximum Gasteiger partial charge on any atom is 0.250 e. The maximum absolute atomic E-state index is 13.7. The largest absolute Gasteiger partial charge is 0.370 e. The van der Waals surface area contributed by atoms with Gasteiger partial charge in [-0.1, -0.05) is 47.5 Å². The summed E-state index contributed by atoms with van der Waals surface area (Å²) in [6, 6.07) is 9.60. The Kier molecular flexibility index (Phi) is 5.00. The fourth-order valence-electron chi connectivity index (χ4n) is 5.40. The molecule has 3 aliphatic rings. The molecule has 0 radical (unpaired) electrons. The minimum absolute atomic E-state index is 0.0350. The molecule has 2 saturated heterocycles. The monoisotopic (exact) mass is 486 g/mol. The van der Waals surface area contributed by atoms with E-state index in [2.05, 4.69) is 10.6 Å². The molecule has 8 nitrogen and oxygen atoms in total. The van der Waals surface area contributed by atoms with E-state index in [9.17, 15) is 19.2 Å². The van der Waals surface area contributed by atoms with Crippen LogP contribution >= 0.6 is 23.2 Å². The number of nitrogens with two attached hydrogens (primary N) is 1. The number of carbonyl (C=O) groups is 4. The van der Waals surface area contributed by atoms with Gasteiger partial charge in [0.25, 0.3) is 0 Å². The van der Waals surface area contributed by atoms with E-state index in [-0.39, 0.29) is 13.0 Å². The summed E-state index contributed by atoms with van der Waals surface area (Å²) >= 11 is 12.7. The predicted octanol–water partition coefficient (Wildman–Crippen LogP) is 2.10. The molecule has 2 fully saturated rings. The van der Waals surface area contributed by atoms with Gasteiger partial charge in [0.05, 0.1) is 29.1 Å². The summed E-state index contributed by atoms with van der Waals surface area (Å²) in [6.45, 7) is 1.79. The van der Waals surface area contributed by atoms with Gasteiger partial charge in [-0.2, -0.15) is 0 Å². The van der Waals surface area contributed by atoms with Crippen molar-refractivity contribution >= 4 is 52.5 Å². The topological polar surface area (TPSA) is 122 Å². The maximum atomic E-state index is 13.7. The van der Waals surface area contributed by atoms with Gasteiger partial charge in [-0.05, 0) is 30.2 Å². The fraction of sp³-hybridized carbons (Fsp3) is 0.304. The first-order valence-electron chi connectivity index (χ1n) is 10.4. The number of fused-ring (bicyclic) bond motifs is 4. The summed E-state index contributed by atoms with van der Waals surface area (Å²) in [6.07, 6.45) is -0.204. The molecular formula is C23H20Cl2N4O4. The normalized spacial score (nSPS) is 27.8. The molecule has 0 bridgehead atoms. The third-order valence-electron chi connectivity index (χ3n) is 6.72. The van der Waals surface area contributed by atoms with E-state index in [1.165, 1.54) is 0 Å². The highest BCUT2D eigenvalue weighted by molar-refractivity contribution is 6.35. The minimum Gasteiger partial charge on any atom is -0.370 e. The molecule has 10 heteroatoms. The Morgan fingerprint density at radius 2 is 1.85 bits per heavy atom. The number of imide groups is 1. The van der Waals surface area contributed by atoms with Gasteiger partial charge in [-0.25, -0.2) is 0 Å². The van der Waals surface area contributed by atoms with Gasteiger partial charge in [0, 0.05) is 23.0 Å². The molecule has 2 aromatic rings. The molecule has 2 aromatic carbocycles. The van der Waals surface area contributed by atoms with Gasteiger partial charge in [0.2, 0.25) is 23.6 Å². The first kappa shape index (κ1) is 21.9. The number of likely N-dealkylation sites (tertiary alicyclic amines) is 1. The average molecular weight is 487 g/mol. The molecular weight excluding hydrogens is 467 g/mol. The molecule has 1 spiro atoms. The van der Waals surface area contributed by atoms with E-state index in [1.807, 2.05) is 6.92 Å². The molecule has 0 aromatic heterocycles. The number of nitrogens with zero attached hydrogens (tertiary/aromatic N) is 1. The van der Waals surface area contributed by atoms with Crippen molar-refractivity contribution < 1.29 is 19.2 Å². The van der Waals surface area contributed by atoms with Crippen LogP contribution in [0.3, 0.4) is 0 Å². The number of carbonyl (C=O) groups excluding carboxylic acids is 4. The Labute approximate surface area is 199 Å². The number of nitrogens with one attached hydrogen (secondary N) is 2. The van der Waals surface area contributed by atoms with E-state index < -0.39 is 47.0 Å². The molecule has 170 valence electrons. The van der Waals surface area contributed by atoms with Crippen LogP contribution in [0.2, 0.25) is 10.0 Å². The molecule has 4 N–H and O–H groups in total. The van der Waals surface area contributed by atoms with Gasteiger partial charge in [0.15, 0.2) is 0 Å². The van der Waals surface area contributed by atoms with Crippen LogP contribution in [0.5, 0.6) is 0 Å². The Bertz CT molecular complexity index is 1250. The van der Waals surface area contributed by atoms with Gasteiger partial charge >= 0.3 is 0 Å². The van der Waals surface area contributed by atoms with Crippen LogP contribution in [0.1, 0.15) is 23.1 Å². The van der Waals surface area contributed by atoms with Crippen molar-refractivity contribution in [2.75, 3.05) is 5.32 Å². The van der Waals surface area contributed by atoms with E-state index in [0.29, 0.717) is 26.9 Å². The zero-order chi connectivity index (χ0) is 23.7. The summed E-state index contributed by atoms with van der Waals surface area (Å²) in [7, 11) is 0. The molecule has 4 amide bonds. The third-order valence-corrected chi connectivity index (χ3v) is 7.39. The Morgan fingerprint density at radius 3 is 2.55 bits per heavy atom.